The molecule has 0 bridgehead atoms. The van der Waals surface area contributed by atoms with Crippen LogP contribution in [0.15, 0.2) is 66.7 Å². The Labute approximate surface area is 241 Å². The van der Waals surface area contributed by atoms with Gasteiger partial charge in [-0.3, -0.25) is 0 Å². The summed E-state index contributed by atoms with van der Waals surface area (Å²) in [6.07, 6.45) is 1.97. The van der Waals surface area contributed by atoms with E-state index < -0.39 is 12.1 Å². The third-order valence-corrected chi connectivity index (χ3v) is 6.66. The number of benzene rings is 3. The number of aromatic nitrogens is 2. The minimum absolute atomic E-state index is 0.196. The highest BCUT2D eigenvalue weighted by Crippen LogP contribution is 2.34. The van der Waals surface area contributed by atoms with Crippen LogP contribution in [0.25, 0.3) is 11.0 Å². The van der Waals surface area contributed by atoms with Gasteiger partial charge in [-0.1, -0.05) is 49.7 Å². The number of rotatable bonds is 12. The molecule has 0 aliphatic heterocycles. The summed E-state index contributed by atoms with van der Waals surface area (Å²) in [5.41, 5.74) is 4.16. The monoisotopic (exact) mass is 558 g/mol. The van der Waals surface area contributed by atoms with Crippen molar-refractivity contribution in [3.63, 3.8) is 0 Å². The molecule has 1 unspecified atom stereocenters. The number of carbonyl (C=O) groups excluding carboxylic acids is 2. The topological polar surface area (TPSA) is 94.9 Å². The van der Waals surface area contributed by atoms with Gasteiger partial charge in [-0.05, 0) is 49.2 Å². The zero-order chi connectivity index (χ0) is 29.4. The summed E-state index contributed by atoms with van der Waals surface area (Å²) < 4.78 is 19.3. The number of aryl methyl sites for hydroxylation is 1. The second kappa shape index (κ2) is 13.7. The lowest BCUT2D eigenvalue weighted by molar-refractivity contribution is -0.151. The van der Waals surface area contributed by atoms with Gasteiger partial charge >= 0.3 is 12.0 Å². The molecule has 4 rings (SSSR count). The standard InChI is InChI=1S/C32H38N4O5/c1-6-8-14-29-34-25-17-16-24(33-32(38)35(3)4)20-26(25)36(29)21-22-15-18-27(28(19-22)39-5)41-30(31(37)40-7-2)23-12-10-9-11-13-23/h9-13,15-20,30H,6-8,14,21H2,1-5H3,(H,33,38). The maximum atomic E-state index is 12.8. The lowest BCUT2D eigenvalue weighted by Crippen LogP contribution is -2.27. The number of esters is 1. The van der Waals surface area contributed by atoms with E-state index >= 15 is 0 Å². The number of nitrogens with one attached hydrogen (secondary N) is 1. The van der Waals surface area contributed by atoms with Crippen LogP contribution in [-0.2, 0) is 22.5 Å². The summed E-state index contributed by atoms with van der Waals surface area (Å²) in [4.78, 5) is 31.4. The van der Waals surface area contributed by atoms with Gasteiger partial charge in [-0.25, -0.2) is 14.6 Å². The lowest BCUT2D eigenvalue weighted by Gasteiger charge is -2.20. The van der Waals surface area contributed by atoms with Crippen molar-refractivity contribution >= 4 is 28.7 Å². The number of unbranched alkanes of at least 4 members (excludes halogenated alkanes) is 1. The average molecular weight is 559 g/mol. The molecule has 1 heterocycles. The number of hydrogen-bond donors (Lipinski definition) is 1. The molecule has 0 saturated heterocycles. The van der Waals surface area contributed by atoms with Crippen LogP contribution in [0.4, 0.5) is 10.5 Å². The van der Waals surface area contributed by atoms with Crippen molar-refractivity contribution in [2.45, 2.75) is 45.8 Å². The third-order valence-electron chi connectivity index (χ3n) is 6.66. The van der Waals surface area contributed by atoms with Gasteiger partial charge in [0, 0.05) is 38.3 Å². The van der Waals surface area contributed by atoms with E-state index in [1.165, 1.54) is 4.90 Å². The molecule has 41 heavy (non-hydrogen) atoms. The first-order valence-electron chi connectivity index (χ1n) is 13.9. The predicted octanol–water partition coefficient (Wildman–Crippen LogP) is 6.21. The van der Waals surface area contributed by atoms with Crippen molar-refractivity contribution < 1.29 is 23.8 Å². The zero-order valence-corrected chi connectivity index (χ0v) is 24.3. The number of hydrogen-bond acceptors (Lipinski definition) is 6. The first-order valence-corrected chi connectivity index (χ1v) is 13.9. The molecule has 1 aromatic heterocycles. The maximum absolute atomic E-state index is 12.8. The van der Waals surface area contributed by atoms with Gasteiger partial charge in [0.2, 0.25) is 6.10 Å². The van der Waals surface area contributed by atoms with Crippen molar-refractivity contribution in [2.24, 2.45) is 0 Å². The Bertz CT molecular complexity index is 1480. The van der Waals surface area contributed by atoms with Crippen LogP contribution < -0.4 is 14.8 Å². The quantitative estimate of drug-likeness (QED) is 0.208. The van der Waals surface area contributed by atoms with Gasteiger partial charge in [0.05, 0.1) is 24.8 Å². The highest BCUT2D eigenvalue weighted by atomic mass is 16.6. The minimum Gasteiger partial charge on any atom is -0.493 e. The van der Waals surface area contributed by atoms with Gasteiger partial charge < -0.3 is 29.0 Å². The molecule has 9 nitrogen and oxygen atoms in total. The molecule has 0 aliphatic carbocycles. The highest BCUT2D eigenvalue weighted by Gasteiger charge is 2.25. The van der Waals surface area contributed by atoms with Gasteiger partial charge in [-0.15, -0.1) is 0 Å². The highest BCUT2D eigenvalue weighted by molar-refractivity contribution is 5.92. The normalized spacial score (nSPS) is 11.6. The van der Waals surface area contributed by atoms with E-state index in [1.807, 2.05) is 66.7 Å². The zero-order valence-electron chi connectivity index (χ0n) is 24.3. The van der Waals surface area contributed by atoms with E-state index in [0.717, 1.165) is 41.7 Å². The molecule has 0 saturated carbocycles. The number of imidazole rings is 1. The molecule has 0 radical (unpaired) electrons. The van der Waals surface area contributed by atoms with E-state index in [0.29, 0.717) is 29.3 Å². The van der Waals surface area contributed by atoms with Crippen molar-refractivity contribution in [3.05, 3.63) is 83.7 Å². The van der Waals surface area contributed by atoms with Crippen LogP contribution in [0.2, 0.25) is 0 Å². The van der Waals surface area contributed by atoms with Crippen LogP contribution in [0.3, 0.4) is 0 Å². The molecule has 216 valence electrons. The maximum Gasteiger partial charge on any atom is 0.352 e. The number of anilines is 1. The number of methoxy groups -OCH3 is 1. The molecule has 2 amide bonds. The van der Waals surface area contributed by atoms with Crippen LogP contribution >= 0.6 is 0 Å². The number of amides is 2. The first-order chi connectivity index (χ1) is 19.8. The number of carbonyl (C=O) groups is 2. The Morgan fingerprint density at radius 3 is 2.46 bits per heavy atom. The van der Waals surface area contributed by atoms with E-state index in [-0.39, 0.29) is 12.6 Å². The predicted molar refractivity (Wildman–Crippen MR) is 160 cm³/mol. The smallest absolute Gasteiger partial charge is 0.352 e. The van der Waals surface area contributed by atoms with Crippen LogP contribution in [0.5, 0.6) is 11.5 Å². The van der Waals surface area contributed by atoms with Crippen molar-refractivity contribution in [3.8, 4) is 11.5 Å². The Morgan fingerprint density at radius 2 is 1.78 bits per heavy atom. The van der Waals surface area contributed by atoms with E-state index in [4.69, 9.17) is 19.2 Å². The van der Waals surface area contributed by atoms with Gasteiger partial charge in [0.25, 0.3) is 0 Å². The minimum atomic E-state index is -0.926. The Morgan fingerprint density at radius 1 is 1.00 bits per heavy atom. The van der Waals surface area contributed by atoms with Crippen LogP contribution in [0.1, 0.15) is 49.7 Å². The molecule has 1 N–H and O–H groups in total. The fourth-order valence-electron chi connectivity index (χ4n) is 4.50. The van der Waals surface area contributed by atoms with Crippen LogP contribution in [0, 0.1) is 0 Å². The van der Waals surface area contributed by atoms with E-state index in [2.05, 4.69) is 16.8 Å². The lowest BCUT2D eigenvalue weighted by atomic mass is 10.1. The first kappa shape index (κ1) is 29.5. The summed E-state index contributed by atoms with van der Waals surface area (Å²) in [6.45, 7) is 4.71. The summed E-state index contributed by atoms with van der Waals surface area (Å²) in [7, 11) is 4.99. The molecule has 0 aliphatic rings. The van der Waals surface area contributed by atoms with Gasteiger partial charge in [-0.2, -0.15) is 0 Å². The molecule has 3 aromatic carbocycles. The van der Waals surface area contributed by atoms with Gasteiger partial charge in [0.15, 0.2) is 11.5 Å². The van der Waals surface area contributed by atoms with E-state index in [9.17, 15) is 9.59 Å². The summed E-state index contributed by atoms with van der Waals surface area (Å²) in [5, 5.41) is 2.92. The third kappa shape index (κ3) is 7.16. The largest absolute Gasteiger partial charge is 0.493 e. The summed E-state index contributed by atoms with van der Waals surface area (Å²) in [5.74, 6) is 1.45. The fraction of sp³-hybridized carbons (Fsp3) is 0.344. The molecular weight excluding hydrogens is 520 g/mol. The Balaban J connectivity index is 1.66. The second-order valence-electron chi connectivity index (χ2n) is 9.89. The van der Waals surface area contributed by atoms with Gasteiger partial charge in [0.1, 0.15) is 5.82 Å². The SMILES string of the molecule is CCCCc1nc2ccc(NC(=O)N(C)C)cc2n1Cc1ccc(OC(C(=O)OCC)c2ccccc2)c(OC)c1. The van der Waals surface area contributed by atoms with E-state index in [1.54, 1.807) is 28.1 Å². The number of ether oxygens (including phenoxy) is 3. The Kier molecular flexibility index (Phi) is 9.84. The molecule has 4 aromatic rings. The molecule has 1 atom stereocenters. The number of nitrogens with zero attached hydrogens (tertiary/aromatic N) is 3. The summed E-state index contributed by atoms with van der Waals surface area (Å²) >= 11 is 0. The average Bonchev–Trinajstić information content (AvgIpc) is 3.31. The molecular formula is C32H38N4O5. The molecule has 9 heteroatoms. The second-order valence-corrected chi connectivity index (χ2v) is 9.89. The van der Waals surface area contributed by atoms with Crippen molar-refractivity contribution in [1.29, 1.82) is 0 Å². The summed E-state index contributed by atoms with van der Waals surface area (Å²) in [6, 6.07) is 20.5. The van der Waals surface area contributed by atoms with Crippen molar-refractivity contribution in [1.82, 2.24) is 14.5 Å². The van der Waals surface area contributed by atoms with Crippen molar-refractivity contribution in [2.75, 3.05) is 33.1 Å². The molecule has 0 fully saturated rings. The number of urea groups is 1. The number of fused-ring (bicyclic) bond motifs is 1. The van der Waals surface area contributed by atoms with Crippen LogP contribution in [-0.4, -0.2) is 54.3 Å². The molecule has 0 spiro atoms. The fourth-order valence-corrected chi connectivity index (χ4v) is 4.50. The Hall–Kier alpha value is -4.53.